The summed E-state index contributed by atoms with van der Waals surface area (Å²) in [6.07, 6.45) is 2.21. The number of anilines is 1. The van der Waals surface area contributed by atoms with E-state index in [2.05, 4.69) is 10.2 Å². The molecule has 0 spiro atoms. The van der Waals surface area contributed by atoms with E-state index in [1.807, 2.05) is 0 Å². The molecule has 2 unspecified atom stereocenters. The zero-order valence-electron chi connectivity index (χ0n) is 11.5. The van der Waals surface area contributed by atoms with Crippen molar-refractivity contribution in [3.63, 3.8) is 0 Å². The summed E-state index contributed by atoms with van der Waals surface area (Å²) in [5, 5.41) is 3.48. The molecule has 2 saturated heterocycles. The number of nitrogens with one attached hydrogen (secondary N) is 1. The Kier molecular flexibility index (Phi) is 3.88. The highest BCUT2D eigenvalue weighted by molar-refractivity contribution is 7.91. The predicted octanol–water partition coefficient (Wildman–Crippen LogP) is 1.87. The molecule has 0 aliphatic carbocycles. The number of piperidine rings is 1. The van der Waals surface area contributed by atoms with Gasteiger partial charge in [0.1, 0.15) is 0 Å². The lowest BCUT2D eigenvalue weighted by Gasteiger charge is -2.36. The predicted molar refractivity (Wildman–Crippen MR) is 76.4 cm³/mol. The summed E-state index contributed by atoms with van der Waals surface area (Å²) in [7, 11) is -4.50. The van der Waals surface area contributed by atoms with Crippen LogP contribution in [0.1, 0.15) is 12.8 Å². The van der Waals surface area contributed by atoms with Crippen LogP contribution in [0.25, 0.3) is 0 Å². The molecule has 21 heavy (non-hydrogen) atoms. The van der Waals surface area contributed by atoms with Crippen molar-refractivity contribution in [1.29, 1.82) is 0 Å². The van der Waals surface area contributed by atoms with Crippen molar-refractivity contribution in [1.82, 2.24) is 5.32 Å². The van der Waals surface area contributed by atoms with Crippen LogP contribution in [0.2, 0.25) is 0 Å². The molecule has 0 amide bonds. The Morgan fingerprint density at radius 2 is 1.90 bits per heavy atom. The van der Waals surface area contributed by atoms with Crippen LogP contribution in [0.15, 0.2) is 29.2 Å². The number of nitrogens with zero attached hydrogens (tertiary/aromatic N) is 1. The summed E-state index contributed by atoms with van der Waals surface area (Å²) in [6.45, 7) is 2.88. The molecule has 0 radical (unpaired) electrons. The molecule has 3 rings (SSSR count). The van der Waals surface area contributed by atoms with E-state index in [1.165, 1.54) is 12.1 Å². The highest BCUT2D eigenvalue weighted by atomic mass is 32.2. The van der Waals surface area contributed by atoms with Gasteiger partial charge in [-0.25, -0.2) is 8.42 Å². The summed E-state index contributed by atoms with van der Waals surface area (Å²) in [5.41, 5.74) is 0.897. The standard InChI is InChI=1S/C14H18F2N2O2S/c15-14(16)21(19,20)12-3-1-11(2-4-12)18-8-6-13-10(9-18)5-7-17-13/h1-4,10,13-14,17H,5-9H2. The normalized spacial score (nSPS) is 26.1. The second-order valence-corrected chi connectivity index (χ2v) is 7.56. The van der Waals surface area contributed by atoms with E-state index < -0.39 is 15.6 Å². The summed E-state index contributed by atoms with van der Waals surface area (Å²) >= 11 is 0. The lowest BCUT2D eigenvalue weighted by atomic mass is 9.93. The van der Waals surface area contributed by atoms with Crippen LogP contribution in [-0.2, 0) is 9.84 Å². The highest BCUT2D eigenvalue weighted by Crippen LogP contribution is 2.29. The number of halogens is 2. The molecule has 1 aromatic carbocycles. The fourth-order valence-corrected chi connectivity index (χ4v) is 3.95. The first kappa shape index (κ1) is 14.7. The first-order valence-corrected chi connectivity index (χ1v) is 8.63. The van der Waals surface area contributed by atoms with E-state index in [1.54, 1.807) is 12.1 Å². The van der Waals surface area contributed by atoms with Crippen molar-refractivity contribution in [2.75, 3.05) is 24.5 Å². The van der Waals surface area contributed by atoms with Crippen LogP contribution in [0.4, 0.5) is 14.5 Å². The molecule has 0 aromatic heterocycles. The molecule has 2 aliphatic rings. The third-order valence-corrected chi connectivity index (χ3v) is 5.82. The van der Waals surface area contributed by atoms with Crippen LogP contribution in [0, 0.1) is 5.92 Å². The molecule has 116 valence electrons. The monoisotopic (exact) mass is 316 g/mol. The number of alkyl halides is 2. The molecule has 4 nitrogen and oxygen atoms in total. The van der Waals surface area contributed by atoms with E-state index in [4.69, 9.17) is 0 Å². The van der Waals surface area contributed by atoms with Gasteiger partial charge in [0.05, 0.1) is 4.90 Å². The highest BCUT2D eigenvalue weighted by Gasteiger charge is 2.33. The van der Waals surface area contributed by atoms with Crippen molar-refractivity contribution in [3.05, 3.63) is 24.3 Å². The van der Waals surface area contributed by atoms with Gasteiger partial charge in [0.2, 0.25) is 9.84 Å². The second-order valence-electron chi connectivity index (χ2n) is 5.64. The minimum Gasteiger partial charge on any atom is -0.371 e. The van der Waals surface area contributed by atoms with Crippen LogP contribution in [0.3, 0.4) is 0 Å². The van der Waals surface area contributed by atoms with Gasteiger partial charge in [-0.2, -0.15) is 8.78 Å². The minimum absolute atomic E-state index is 0.321. The Labute approximate surface area is 123 Å². The minimum atomic E-state index is -4.50. The lowest BCUT2D eigenvalue weighted by molar-refractivity contribution is 0.234. The quantitative estimate of drug-likeness (QED) is 0.925. The van der Waals surface area contributed by atoms with Crippen molar-refractivity contribution >= 4 is 15.5 Å². The first-order chi connectivity index (χ1) is 9.98. The van der Waals surface area contributed by atoms with Crippen LogP contribution < -0.4 is 10.2 Å². The average Bonchev–Trinajstić information content (AvgIpc) is 2.94. The molecule has 1 aromatic rings. The Bertz CT molecular complexity index is 604. The number of hydrogen-bond acceptors (Lipinski definition) is 4. The van der Waals surface area contributed by atoms with Crippen molar-refractivity contribution < 1.29 is 17.2 Å². The van der Waals surface area contributed by atoms with Gasteiger partial charge in [0.15, 0.2) is 0 Å². The van der Waals surface area contributed by atoms with Gasteiger partial charge in [-0.1, -0.05) is 0 Å². The van der Waals surface area contributed by atoms with Gasteiger partial charge >= 0.3 is 5.76 Å². The van der Waals surface area contributed by atoms with Crippen LogP contribution in [-0.4, -0.2) is 39.9 Å². The zero-order chi connectivity index (χ0) is 15.0. The molecule has 1 N–H and O–H groups in total. The van der Waals surface area contributed by atoms with Crippen LogP contribution >= 0.6 is 0 Å². The van der Waals surface area contributed by atoms with E-state index in [-0.39, 0.29) is 4.90 Å². The molecule has 2 aliphatic heterocycles. The molecule has 2 heterocycles. The number of fused-ring (bicyclic) bond motifs is 1. The smallest absolute Gasteiger partial charge is 0.341 e. The third-order valence-electron chi connectivity index (χ3n) is 4.42. The van der Waals surface area contributed by atoms with E-state index >= 15 is 0 Å². The Balaban J connectivity index is 1.76. The Hall–Kier alpha value is -1.21. The molecule has 0 saturated carbocycles. The van der Waals surface area contributed by atoms with Crippen molar-refractivity contribution in [3.8, 4) is 0 Å². The number of hydrogen-bond donors (Lipinski definition) is 1. The zero-order valence-corrected chi connectivity index (χ0v) is 12.3. The van der Waals surface area contributed by atoms with Gasteiger partial charge in [-0.05, 0) is 49.6 Å². The fourth-order valence-electron chi connectivity index (χ4n) is 3.23. The van der Waals surface area contributed by atoms with Gasteiger partial charge in [-0.3, -0.25) is 0 Å². The molecule has 7 heteroatoms. The maximum absolute atomic E-state index is 12.5. The summed E-state index contributed by atoms with van der Waals surface area (Å²) in [6, 6.07) is 6.38. The topological polar surface area (TPSA) is 49.4 Å². The molecular weight excluding hydrogens is 298 g/mol. The number of benzene rings is 1. The third kappa shape index (κ3) is 2.76. The molecule has 2 atom stereocenters. The largest absolute Gasteiger partial charge is 0.371 e. The van der Waals surface area contributed by atoms with Gasteiger partial charge < -0.3 is 10.2 Å². The fraction of sp³-hybridized carbons (Fsp3) is 0.571. The average molecular weight is 316 g/mol. The van der Waals surface area contributed by atoms with E-state index in [0.29, 0.717) is 12.0 Å². The van der Waals surface area contributed by atoms with Gasteiger partial charge in [0, 0.05) is 24.8 Å². The van der Waals surface area contributed by atoms with E-state index in [9.17, 15) is 17.2 Å². The number of rotatable bonds is 3. The first-order valence-electron chi connectivity index (χ1n) is 7.09. The second kappa shape index (κ2) is 5.53. The maximum Gasteiger partial charge on any atom is 0.341 e. The number of sulfone groups is 1. The summed E-state index contributed by atoms with van der Waals surface area (Å²) in [4.78, 5) is 1.88. The molecule has 0 bridgehead atoms. The summed E-state index contributed by atoms with van der Waals surface area (Å²) < 4.78 is 47.8. The van der Waals surface area contributed by atoms with E-state index in [0.717, 1.165) is 38.2 Å². The molecular formula is C14H18F2N2O2S. The SMILES string of the molecule is O=S(=O)(c1ccc(N2CCC3NCCC3C2)cc1)C(F)F. The molecule has 2 fully saturated rings. The van der Waals surface area contributed by atoms with Gasteiger partial charge in [0.25, 0.3) is 0 Å². The Morgan fingerprint density at radius 1 is 1.19 bits per heavy atom. The lowest BCUT2D eigenvalue weighted by Crippen LogP contribution is -2.44. The Morgan fingerprint density at radius 3 is 2.57 bits per heavy atom. The maximum atomic E-state index is 12.5. The van der Waals surface area contributed by atoms with Crippen LogP contribution in [0.5, 0.6) is 0 Å². The van der Waals surface area contributed by atoms with Crippen molar-refractivity contribution in [2.24, 2.45) is 5.92 Å². The van der Waals surface area contributed by atoms with Crippen molar-refractivity contribution in [2.45, 2.75) is 29.5 Å². The summed E-state index contributed by atoms with van der Waals surface area (Å²) in [5.74, 6) is -2.76. The van der Waals surface area contributed by atoms with Gasteiger partial charge in [-0.15, -0.1) is 0 Å².